The van der Waals surface area contributed by atoms with Gasteiger partial charge in [0.1, 0.15) is 4.21 Å². The van der Waals surface area contributed by atoms with Crippen LogP contribution in [0.15, 0.2) is 21.7 Å². The number of carbonyl (C=O) groups is 1. The summed E-state index contributed by atoms with van der Waals surface area (Å²) in [6.45, 7) is 3.23. The van der Waals surface area contributed by atoms with Gasteiger partial charge < -0.3 is 4.90 Å². The summed E-state index contributed by atoms with van der Waals surface area (Å²) in [5.41, 5.74) is -0.0804. The highest BCUT2D eigenvalue weighted by molar-refractivity contribution is 7.91. The molecule has 0 unspecified atom stereocenters. The lowest BCUT2D eigenvalue weighted by Gasteiger charge is -2.47. The van der Waals surface area contributed by atoms with Gasteiger partial charge in [-0.2, -0.15) is 4.31 Å². The fourth-order valence-electron chi connectivity index (χ4n) is 4.32. The second kappa shape index (κ2) is 6.18. The number of likely N-dealkylation sites (tertiary alicyclic amines) is 1. The quantitative estimate of drug-likeness (QED) is 0.815. The van der Waals surface area contributed by atoms with Crippen LogP contribution >= 0.6 is 11.3 Å². The third-order valence-corrected chi connectivity index (χ3v) is 8.61. The zero-order valence-electron chi connectivity index (χ0n) is 13.7. The molecule has 0 radical (unpaired) electrons. The molecule has 1 amide bonds. The van der Waals surface area contributed by atoms with Crippen molar-refractivity contribution in [3.8, 4) is 0 Å². The Bertz CT molecular complexity index is 672. The van der Waals surface area contributed by atoms with Gasteiger partial charge in [-0.15, -0.1) is 11.3 Å². The van der Waals surface area contributed by atoms with E-state index in [1.807, 2.05) is 11.8 Å². The number of hydrogen-bond donors (Lipinski definition) is 0. The smallest absolute Gasteiger partial charge is 0.252 e. The highest BCUT2D eigenvalue weighted by Crippen LogP contribution is 2.48. The monoisotopic (exact) mass is 356 g/mol. The lowest BCUT2D eigenvalue weighted by Crippen LogP contribution is -2.56. The van der Waals surface area contributed by atoms with E-state index in [-0.39, 0.29) is 17.4 Å². The molecule has 2 atom stereocenters. The molecular formula is C16H24N2O3S2. The Kier molecular flexibility index (Phi) is 4.55. The van der Waals surface area contributed by atoms with Crippen molar-refractivity contribution < 1.29 is 13.2 Å². The number of amides is 1. The molecule has 128 valence electrons. The Labute approximate surface area is 142 Å². The fraction of sp³-hybridized carbons (Fsp3) is 0.688. The van der Waals surface area contributed by atoms with Gasteiger partial charge in [-0.3, -0.25) is 4.79 Å². The maximum atomic E-state index is 12.7. The fourth-order valence-corrected chi connectivity index (χ4v) is 6.79. The first kappa shape index (κ1) is 16.9. The number of piperidine rings is 1. The van der Waals surface area contributed by atoms with Gasteiger partial charge in [0.05, 0.1) is 0 Å². The molecule has 0 bridgehead atoms. The molecule has 1 saturated carbocycles. The molecule has 2 heterocycles. The van der Waals surface area contributed by atoms with Gasteiger partial charge in [-0.05, 0) is 37.6 Å². The maximum absolute atomic E-state index is 12.7. The molecule has 2 aliphatic rings. The lowest BCUT2D eigenvalue weighted by atomic mass is 9.74. The van der Waals surface area contributed by atoms with Crippen molar-refractivity contribution in [1.82, 2.24) is 9.21 Å². The summed E-state index contributed by atoms with van der Waals surface area (Å²) in [5, 5.41) is 1.79. The summed E-state index contributed by atoms with van der Waals surface area (Å²) in [7, 11) is -1.76. The normalized spacial score (nSPS) is 28.4. The van der Waals surface area contributed by atoms with Crippen LogP contribution in [0.3, 0.4) is 0 Å². The highest BCUT2D eigenvalue weighted by Gasteiger charge is 2.51. The third-order valence-electron chi connectivity index (χ3n) is 5.43. The number of nitrogens with zero attached hydrogens (tertiary/aromatic N) is 2. The summed E-state index contributed by atoms with van der Waals surface area (Å²) >= 11 is 1.25. The van der Waals surface area contributed by atoms with Crippen molar-refractivity contribution in [1.29, 1.82) is 0 Å². The van der Waals surface area contributed by atoms with E-state index in [1.165, 1.54) is 15.6 Å². The van der Waals surface area contributed by atoms with Crippen LogP contribution < -0.4 is 0 Å². The van der Waals surface area contributed by atoms with Gasteiger partial charge in [0.25, 0.3) is 10.0 Å². The molecule has 2 fully saturated rings. The van der Waals surface area contributed by atoms with E-state index in [0.29, 0.717) is 23.7 Å². The van der Waals surface area contributed by atoms with E-state index in [4.69, 9.17) is 0 Å². The van der Waals surface area contributed by atoms with Crippen molar-refractivity contribution in [2.24, 2.45) is 5.41 Å². The molecular weight excluding hydrogens is 332 g/mol. The Morgan fingerprint density at radius 2 is 2.22 bits per heavy atom. The van der Waals surface area contributed by atoms with Crippen LogP contribution in [0.25, 0.3) is 0 Å². The van der Waals surface area contributed by atoms with Crippen LogP contribution in [-0.2, 0) is 14.8 Å². The largest absolute Gasteiger partial charge is 0.339 e. The standard InChI is InChI=1S/C16H24N2O3S2/c1-3-18-13-6-4-9-16(13,10-8-14(18)19)12-17(2)23(20,21)15-7-5-11-22-15/h5,7,11,13H,3-4,6,8-10,12H2,1-2H3/t13-,16+/m1/s1. The molecule has 1 aliphatic heterocycles. The van der Waals surface area contributed by atoms with E-state index in [9.17, 15) is 13.2 Å². The Balaban J connectivity index is 1.85. The van der Waals surface area contributed by atoms with Crippen molar-refractivity contribution in [3.05, 3.63) is 17.5 Å². The van der Waals surface area contributed by atoms with Crippen molar-refractivity contribution >= 4 is 27.3 Å². The van der Waals surface area contributed by atoms with E-state index in [0.717, 1.165) is 25.7 Å². The average Bonchev–Trinajstić information content (AvgIpc) is 3.17. The van der Waals surface area contributed by atoms with Crippen LogP contribution in [-0.4, -0.2) is 49.7 Å². The van der Waals surface area contributed by atoms with Crippen LogP contribution in [0.2, 0.25) is 0 Å². The number of fused-ring (bicyclic) bond motifs is 1. The van der Waals surface area contributed by atoms with Crippen molar-refractivity contribution in [2.75, 3.05) is 20.1 Å². The first-order chi connectivity index (χ1) is 10.9. The van der Waals surface area contributed by atoms with Gasteiger partial charge in [0.15, 0.2) is 0 Å². The number of sulfonamides is 1. The SMILES string of the molecule is CCN1C(=O)CC[C@]2(CN(C)S(=O)(=O)c3cccs3)CCC[C@@H]12. The summed E-state index contributed by atoms with van der Waals surface area (Å²) in [6, 6.07) is 3.61. The molecule has 1 aromatic rings. The minimum Gasteiger partial charge on any atom is -0.339 e. The minimum absolute atomic E-state index is 0.0804. The summed E-state index contributed by atoms with van der Waals surface area (Å²) < 4.78 is 27.3. The minimum atomic E-state index is -3.43. The van der Waals surface area contributed by atoms with Crippen LogP contribution in [0.5, 0.6) is 0 Å². The van der Waals surface area contributed by atoms with Crippen LogP contribution in [0.4, 0.5) is 0 Å². The molecule has 1 aliphatic carbocycles. The number of carbonyl (C=O) groups excluding carboxylic acids is 1. The summed E-state index contributed by atoms with van der Waals surface area (Å²) in [6.07, 6.45) is 4.41. The molecule has 7 heteroatoms. The average molecular weight is 357 g/mol. The third kappa shape index (κ3) is 2.83. The molecule has 5 nitrogen and oxygen atoms in total. The second-order valence-corrected chi connectivity index (χ2v) is 9.86. The molecule has 1 aromatic heterocycles. The predicted octanol–water partition coefficient (Wildman–Crippen LogP) is 2.55. The Morgan fingerprint density at radius 3 is 2.87 bits per heavy atom. The zero-order chi connectivity index (χ0) is 16.7. The van der Waals surface area contributed by atoms with Gasteiger partial charge in [0, 0.05) is 38.0 Å². The van der Waals surface area contributed by atoms with E-state index >= 15 is 0 Å². The van der Waals surface area contributed by atoms with Gasteiger partial charge >= 0.3 is 0 Å². The molecule has 0 spiro atoms. The molecule has 0 N–H and O–H groups in total. The van der Waals surface area contributed by atoms with Crippen molar-refractivity contribution in [3.63, 3.8) is 0 Å². The van der Waals surface area contributed by atoms with E-state index < -0.39 is 10.0 Å². The number of thiophene rings is 1. The summed E-state index contributed by atoms with van der Waals surface area (Å²) in [4.78, 5) is 14.1. The topological polar surface area (TPSA) is 57.7 Å². The maximum Gasteiger partial charge on any atom is 0.252 e. The van der Waals surface area contributed by atoms with Gasteiger partial charge in [0.2, 0.25) is 5.91 Å². The first-order valence-corrected chi connectivity index (χ1v) is 10.5. The predicted molar refractivity (Wildman–Crippen MR) is 90.8 cm³/mol. The second-order valence-electron chi connectivity index (χ2n) is 6.64. The van der Waals surface area contributed by atoms with Gasteiger partial charge in [-0.25, -0.2) is 8.42 Å². The molecule has 23 heavy (non-hydrogen) atoms. The molecule has 1 saturated heterocycles. The number of hydrogen-bond acceptors (Lipinski definition) is 4. The molecule has 3 rings (SSSR count). The zero-order valence-corrected chi connectivity index (χ0v) is 15.3. The molecule has 0 aromatic carbocycles. The Morgan fingerprint density at radius 1 is 1.43 bits per heavy atom. The number of rotatable bonds is 5. The van der Waals surface area contributed by atoms with E-state index in [1.54, 1.807) is 24.6 Å². The highest BCUT2D eigenvalue weighted by atomic mass is 32.2. The summed E-state index contributed by atoms with van der Waals surface area (Å²) in [5.74, 6) is 0.221. The van der Waals surface area contributed by atoms with Gasteiger partial charge in [-0.1, -0.05) is 12.5 Å². The van der Waals surface area contributed by atoms with E-state index in [2.05, 4.69) is 0 Å². The van der Waals surface area contributed by atoms with Crippen molar-refractivity contribution in [2.45, 2.75) is 49.3 Å². The van der Waals surface area contributed by atoms with Crippen LogP contribution in [0.1, 0.15) is 39.0 Å². The first-order valence-electron chi connectivity index (χ1n) is 8.20. The van der Waals surface area contributed by atoms with Crippen LogP contribution in [0, 0.1) is 5.41 Å². The Hall–Kier alpha value is -0.920. The lowest BCUT2D eigenvalue weighted by molar-refractivity contribution is -0.141.